The van der Waals surface area contributed by atoms with Crippen LogP contribution in [0.3, 0.4) is 0 Å². The van der Waals surface area contributed by atoms with E-state index in [2.05, 4.69) is 0 Å². The highest BCUT2D eigenvalue weighted by Gasteiger charge is 2.25. The smallest absolute Gasteiger partial charge is 0.336 e. The van der Waals surface area contributed by atoms with Crippen LogP contribution in [-0.4, -0.2) is 16.9 Å². The predicted molar refractivity (Wildman–Crippen MR) is 51.4 cm³/mol. The van der Waals surface area contributed by atoms with Crippen molar-refractivity contribution in [3.05, 3.63) is 40.4 Å². The molecule has 1 aliphatic rings. The standard InChI is InChI=1S/C10H5ClO3/c11-5-1-2-6-7(3-5)8(10(13)14)4-9(6)12/h1-4H,(H,13,14). The molecule has 0 bridgehead atoms. The van der Waals surface area contributed by atoms with E-state index in [1.807, 2.05) is 0 Å². The van der Waals surface area contributed by atoms with Gasteiger partial charge in [0.25, 0.3) is 0 Å². The van der Waals surface area contributed by atoms with Gasteiger partial charge in [0.15, 0.2) is 5.78 Å². The Morgan fingerprint density at radius 2 is 2.00 bits per heavy atom. The number of rotatable bonds is 1. The minimum absolute atomic E-state index is 0.00694. The molecule has 0 fully saturated rings. The first-order valence-corrected chi connectivity index (χ1v) is 4.26. The van der Waals surface area contributed by atoms with Gasteiger partial charge in [-0.15, -0.1) is 0 Å². The van der Waals surface area contributed by atoms with Crippen LogP contribution in [0.1, 0.15) is 15.9 Å². The van der Waals surface area contributed by atoms with Gasteiger partial charge in [-0.05, 0) is 18.2 Å². The van der Waals surface area contributed by atoms with Gasteiger partial charge in [0.05, 0.1) is 5.57 Å². The largest absolute Gasteiger partial charge is 0.478 e. The number of ketones is 1. The maximum atomic E-state index is 11.3. The molecule has 0 radical (unpaired) electrons. The zero-order valence-corrected chi connectivity index (χ0v) is 7.71. The molecule has 1 N–H and O–H groups in total. The van der Waals surface area contributed by atoms with E-state index in [-0.39, 0.29) is 11.4 Å². The summed E-state index contributed by atoms with van der Waals surface area (Å²) < 4.78 is 0. The van der Waals surface area contributed by atoms with Crippen LogP contribution in [0.25, 0.3) is 5.57 Å². The third-order valence-corrected chi connectivity index (χ3v) is 2.28. The summed E-state index contributed by atoms with van der Waals surface area (Å²) in [4.78, 5) is 22.1. The quantitative estimate of drug-likeness (QED) is 0.768. The third kappa shape index (κ3) is 1.22. The number of fused-ring (bicyclic) bond motifs is 1. The van der Waals surface area contributed by atoms with E-state index in [4.69, 9.17) is 16.7 Å². The summed E-state index contributed by atoms with van der Waals surface area (Å²) in [5.41, 5.74) is 0.800. The Labute approximate surface area is 84.6 Å². The van der Waals surface area contributed by atoms with Gasteiger partial charge in [0, 0.05) is 22.2 Å². The molecule has 4 heteroatoms. The van der Waals surface area contributed by atoms with Crippen LogP contribution in [0.2, 0.25) is 5.02 Å². The third-order valence-electron chi connectivity index (χ3n) is 2.04. The Hall–Kier alpha value is -1.61. The number of carbonyl (C=O) groups excluding carboxylic acids is 1. The van der Waals surface area contributed by atoms with Crippen LogP contribution >= 0.6 is 11.6 Å². The topological polar surface area (TPSA) is 54.4 Å². The lowest BCUT2D eigenvalue weighted by Crippen LogP contribution is -1.97. The summed E-state index contributed by atoms with van der Waals surface area (Å²) in [6, 6.07) is 4.59. The fraction of sp³-hybridized carbons (Fsp3) is 0. The Morgan fingerprint density at radius 1 is 1.29 bits per heavy atom. The minimum atomic E-state index is -1.11. The van der Waals surface area contributed by atoms with Crippen molar-refractivity contribution in [2.45, 2.75) is 0 Å². The molecule has 1 aliphatic carbocycles. The summed E-state index contributed by atoms with van der Waals surface area (Å²) in [5, 5.41) is 9.23. The number of hydrogen-bond acceptors (Lipinski definition) is 2. The summed E-state index contributed by atoms with van der Waals surface area (Å²) in [7, 11) is 0. The normalized spacial score (nSPS) is 13.8. The van der Waals surface area contributed by atoms with Crippen LogP contribution in [0.5, 0.6) is 0 Å². The van der Waals surface area contributed by atoms with E-state index in [1.54, 1.807) is 6.07 Å². The van der Waals surface area contributed by atoms with Crippen molar-refractivity contribution >= 4 is 28.9 Å². The summed E-state index contributed by atoms with van der Waals surface area (Å²) >= 11 is 5.71. The van der Waals surface area contributed by atoms with Crippen LogP contribution in [0.4, 0.5) is 0 Å². The lowest BCUT2D eigenvalue weighted by Gasteiger charge is -2.00. The zero-order chi connectivity index (χ0) is 10.3. The minimum Gasteiger partial charge on any atom is -0.478 e. The van der Waals surface area contributed by atoms with Crippen molar-refractivity contribution in [1.29, 1.82) is 0 Å². The highest BCUT2D eigenvalue weighted by atomic mass is 35.5. The first-order chi connectivity index (χ1) is 6.59. The predicted octanol–water partition coefficient (Wildman–Crippen LogP) is 2.00. The SMILES string of the molecule is O=C(O)C1=CC(=O)c2ccc(Cl)cc21. The molecular formula is C10H5ClO3. The van der Waals surface area contributed by atoms with Gasteiger partial charge in [-0.25, -0.2) is 4.79 Å². The van der Waals surface area contributed by atoms with Crippen molar-refractivity contribution in [3.63, 3.8) is 0 Å². The number of carboxylic acids is 1. The van der Waals surface area contributed by atoms with Crippen LogP contribution < -0.4 is 0 Å². The van der Waals surface area contributed by atoms with Gasteiger partial charge in [-0.1, -0.05) is 11.6 Å². The van der Waals surface area contributed by atoms with Crippen molar-refractivity contribution in [2.24, 2.45) is 0 Å². The molecule has 1 aromatic rings. The maximum absolute atomic E-state index is 11.3. The average molecular weight is 209 g/mol. The Balaban J connectivity index is 2.66. The second kappa shape index (κ2) is 2.96. The van der Waals surface area contributed by atoms with Gasteiger partial charge in [0.1, 0.15) is 0 Å². The molecule has 0 spiro atoms. The van der Waals surface area contributed by atoms with E-state index < -0.39 is 5.97 Å². The molecule has 3 nitrogen and oxygen atoms in total. The molecule has 0 aliphatic heterocycles. The van der Waals surface area contributed by atoms with Crippen LogP contribution in [0, 0.1) is 0 Å². The molecule has 0 unspecified atom stereocenters. The molecule has 0 atom stereocenters. The first-order valence-electron chi connectivity index (χ1n) is 3.89. The molecule has 2 rings (SSSR count). The highest BCUT2D eigenvalue weighted by Crippen LogP contribution is 2.29. The molecule has 0 amide bonds. The molecule has 1 aromatic carbocycles. The van der Waals surface area contributed by atoms with E-state index >= 15 is 0 Å². The number of benzene rings is 1. The van der Waals surface area contributed by atoms with Crippen molar-refractivity contribution < 1.29 is 14.7 Å². The Morgan fingerprint density at radius 3 is 2.64 bits per heavy atom. The van der Waals surface area contributed by atoms with Crippen LogP contribution in [0.15, 0.2) is 24.3 Å². The van der Waals surface area contributed by atoms with Crippen molar-refractivity contribution in [1.82, 2.24) is 0 Å². The molecular weight excluding hydrogens is 204 g/mol. The van der Waals surface area contributed by atoms with E-state index in [0.717, 1.165) is 6.08 Å². The van der Waals surface area contributed by atoms with E-state index in [1.165, 1.54) is 12.1 Å². The van der Waals surface area contributed by atoms with Gasteiger partial charge in [0.2, 0.25) is 0 Å². The van der Waals surface area contributed by atoms with Crippen LogP contribution in [-0.2, 0) is 4.79 Å². The first kappa shape index (κ1) is 8.97. The number of halogens is 1. The number of hydrogen-bond donors (Lipinski definition) is 1. The Kier molecular flexibility index (Phi) is 1.89. The van der Waals surface area contributed by atoms with Gasteiger partial charge in [-0.2, -0.15) is 0 Å². The molecule has 0 aromatic heterocycles. The Bertz CT molecular complexity index is 474. The number of aliphatic carboxylic acids is 1. The number of carbonyl (C=O) groups is 2. The maximum Gasteiger partial charge on any atom is 0.336 e. The second-order valence-corrected chi connectivity index (χ2v) is 3.35. The molecule has 0 saturated carbocycles. The molecule has 0 saturated heterocycles. The fourth-order valence-corrected chi connectivity index (χ4v) is 1.59. The summed E-state index contributed by atoms with van der Waals surface area (Å²) in [5.74, 6) is -1.39. The number of allylic oxidation sites excluding steroid dienone is 1. The summed E-state index contributed by atoms with van der Waals surface area (Å²) in [6.07, 6.45) is 1.11. The summed E-state index contributed by atoms with van der Waals surface area (Å²) in [6.45, 7) is 0. The van der Waals surface area contributed by atoms with Crippen molar-refractivity contribution in [2.75, 3.05) is 0 Å². The lowest BCUT2D eigenvalue weighted by atomic mass is 10.1. The van der Waals surface area contributed by atoms with Gasteiger partial charge < -0.3 is 5.11 Å². The zero-order valence-electron chi connectivity index (χ0n) is 6.95. The van der Waals surface area contributed by atoms with Gasteiger partial charge in [-0.3, -0.25) is 4.79 Å². The molecule has 0 heterocycles. The van der Waals surface area contributed by atoms with E-state index in [0.29, 0.717) is 16.1 Å². The molecule has 70 valence electrons. The number of carboxylic acid groups (broad SMARTS) is 1. The van der Waals surface area contributed by atoms with Crippen molar-refractivity contribution in [3.8, 4) is 0 Å². The molecule has 14 heavy (non-hydrogen) atoms. The van der Waals surface area contributed by atoms with E-state index in [9.17, 15) is 9.59 Å². The second-order valence-electron chi connectivity index (χ2n) is 2.92. The lowest BCUT2D eigenvalue weighted by molar-refractivity contribution is -0.130. The van der Waals surface area contributed by atoms with Gasteiger partial charge >= 0.3 is 5.97 Å². The fourth-order valence-electron chi connectivity index (χ4n) is 1.42. The monoisotopic (exact) mass is 208 g/mol. The average Bonchev–Trinajstić information content (AvgIpc) is 2.43. The highest BCUT2D eigenvalue weighted by molar-refractivity contribution is 6.34.